The lowest BCUT2D eigenvalue weighted by molar-refractivity contribution is -0.114. The number of aliphatic hydroxyl groups excluding tert-OH is 1. The number of nitrogens with zero attached hydrogens (tertiary/aromatic N) is 1. The van der Waals surface area contributed by atoms with E-state index in [2.05, 4.69) is 0 Å². The summed E-state index contributed by atoms with van der Waals surface area (Å²) in [5.41, 5.74) is 0.0314. The highest BCUT2D eigenvalue weighted by atomic mass is 19.2. The van der Waals surface area contributed by atoms with Gasteiger partial charge < -0.3 is 10.0 Å². The molecule has 0 bridgehead atoms. The number of hydrogen-bond donors (Lipinski definition) is 1. The first-order valence-corrected chi connectivity index (χ1v) is 6.02. The summed E-state index contributed by atoms with van der Waals surface area (Å²) in [6, 6.07) is 1.64. The van der Waals surface area contributed by atoms with Crippen molar-refractivity contribution >= 4 is 17.4 Å². The lowest BCUT2D eigenvalue weighted by atomic mass is 10.1. The Hall–Kier alpha value is -1.82. The molecule has 6 heteroatoms. The maximum Gasteiger partial charge on any atom is 0.299 e. The van der Waals surface area contributed by atoms with E-state index in [1.807, 2.05) is 0 Å². The van der Waals surface area contributed by atoms with Gasteiger partial charge in [-0.25, -0.2) is 8.78 Å². The molecule has 0 radical (unpaired) electrons. The number of carbonyl (C=O) groups is 2. The van der Waals surface area contributed by atoms with Crippen LogP contribution in [0.4, 0.5) is 14.5 Å². The van der Waals surface area contributed by atoms with E-state index in [9.17, 15) is 18.4 Å². The van der Waals surface area contributed by atoms with Gasteiger partial charge in [0, 0.05) is 19.2 Å². The molecule has 1 heterocycles. The number of hydrogen-bond acceptors (Lipinski definition) is 3. The van der Waals surface area contributed by atoms with Crippen LogP contribution in [0.25, 0.3) is 0 Å². The molecule has 102 valence electrons. The first-order chi connectivity index (χ1) is 9.06. The Morgan fingerprint density at radius 1 is 1.05 bits per heavy atom. The highest BCUT2D eigenvalue weighted by molar-refractivity contribution is 6.52. The highest BCUT2D eigenvalue weighted by Gasteiger charge is 2.36. The molecule has 0 spiro atoms. The molecule has 19 heavy (non-hydrogen) atoms. The Balaban J connectivity index is 2.21. The first-order valence-electron chi connectivity index (χ1n) is 6.02. The molecule has 1 N–H and O–H groups in total. The maximum absolute atomic E-state index is 13.2. The fraction of sp³-hybridized carbons (Fsp3) is 0.385. The Morgan fingerprint density at radius 2 is 1.74 bits per heavy atom. The van der Waals surface area contributed by atoms with Gasteiger partial charge in [-0.3, -0.25) is 9.59 Å². The predicted molar refractivity (Wildman–Crippen MR) is 64.0 cm³/mol. The van der Waals surface area contributed by atoms with E-state index in [0.717, 1.165) is 17.0 Å². The molecule has 1 aromatic rings. The van der Waals surface area contributed by atoms with Crippen molar-refractivity contribution in [3.8, 4) is 0 Å². The molecule has 1 aliphatic rings. The van der Waals surface area contributed by atoms with Gasteiger partial charge >= 0.3 is 0 Å². The van der Waals surface area contributed by atoms with Gasteiger partial charge in [0.2, 0.25) is 0 Å². The van der Waals surface area contributed by atoms with E-state index in [1.165, 1.54) is 0 Å². The van der Waals surface area contributed by atoms with Crippen LogP contribution in [0.5, 0.6) is 0 Å². The number of rotatable bonds is 5. The lowest BCUT2D eigenvalue weighted by Crippen LogP contribution is -2.30. The van der Waals surface area contributed by atoms with Crippen LogP contribution in [0.15, 0.2) is 12.1 Å². The zero-order valence-corrected chi connectivity index (χ0v) is 10.2. The van der Waals surface area contributed by atoms with Crippen molar-refractivity contribution in [3.63, 3.8) is 0 Å². The molecule has 1 amide bonds. The standard InChI is InChI=1S/C13H13F2NO3/c14-9-6-8-11(7-10(9)15)16(13(19)12(8)18)4-2-1-3-5-17/h6-7,17H,1-5H2. The summed E-state index contributed by atoms with van der Waals surface area (Å²) >= 11 is 0. The van der Waals surface area contributed by atoms with Gasteiger partial charge in [0.15, 0.2) is 11.6 Å². The van der Waals surface area contributed by atoms with Crippen molar-refractivity contribution in [2.75, 3.05) is 18.1 Å². The molecule has 0 unspecified atom stereocenters. The number of aliphatic hydroxyl groups is 1. The van der Waals surface area contributed by atoms with Gasteiger partial charge in [0.25, 0.3) is 11.7 Å². The second-order valence-corrected chi connectivity index (χ2v) is 4.35. The first kappa shape index (κ1) is 13.6. The summed E-state index contributed by atoms with van der Waals surface area (Å²) in [6.45, 7) is 0.311. The van der Waals surface area contributed by atoms with E-state index in [-0.39, 0.29) is 24.4 Å². The summed E-state index contributed by atoms with van der Waals surface area (Å²) in [5, 5.41) is 8.65. The Morgan fingerprint density at radius 3 is 2.42 bits per heavy atom. The van der Waals surface area contributed by atoms with Gasteiger partial charge in [-0.05, 0) is 25.3 Å². The molecule has 0 saturated carbocycles. The van der Waals surface area contributed by atoms with E-state index in [4.69, 9.17) is 5.11 Å². The second kappa shape index (κ2) is 5.44. The van der Waals surface area contributed by atoms with Crippen LogP contribution < -0.4 is 4.90 Å². The van der Waals surface area contributed by atoms with Crippen LogP contribution in [0, 0.1) is 11.6 Å². The fourth-order valence-electron chi connectivity index (χ4n) is 2.07. The number of benzene rings is 1. The van der Waals surface area contributed by atoms with Gasteiger partial charge in [-0.2, -0.15) is 0 Å². The number of halogens is 2. The topological polar surface area (TPSA) is 57.6 Å². The molecule has 0 atom stereocenters. The number of amides is 1. The third kappa shape index (κ3) is 2.49. The summed E-state index contributed by atoms with van der Waals surface area (Å²) in [7, 11) is 0. The molecule has 1 aliphatic heterocycles. The maximum atomic E-state index is 13.2. The second-order valence-electron chi connectivity index (χ2n) is 4.35. The quantitative estimate of drug-likeness (QED) is 0.653. The average molecular weight is 269 g/mol. The van der Waals surface area contributed by atoms with E-state index < -0.39 is 23.3 Å². The molecular formula is C13H13F2NO3. The monoisotopic (exact) mass is 269 g/mol. The largest absolute Gasteiger partial charge is 0.396 e. The van der Waals surface area contributed by atoms with E-state index in [0.29, 0.717) is 19.3 Å². The van der Waals surface area contributed by atoms with Crippen molar-refractivity contribution in [2.24, 2.45) is 0 Å². The minimum Gasteiger partial charge on any atom is -0.396 e. The van der Waals surface area contributed by atoms with Gasteiger partial charge in [0.1, 0.15) is 0 Å². The number of anilines is 1. The zero-order chi connectivity index (χ0) is 14.0. The van der Waals surface area contributed by atoms with Crippen LogP contribution in [-0.2, 0) is 4.79 Å². The van der Waals surface area contributed by atoms with E-state index in [1.54, 1.807) is 0 Å². The third-order valence-electron chi connectivity index (χ3n) is 3.05. The van der Waals surface area contributed by atoms with Crippen molar-refractivity contribution in [2.45, 2.75) is 19.3 Å². The molecule has 0 fully saturated rings. The number of Topliss-reactive ketones (excluding diaryl/α,β-unsaturated/α-hetero) is 1. The van der Waals surface area contributed by atoms with Crippen LogP contribution in [0.1, 0.15) is 29.6 Å². The van der Waals surface area contributed by atoms with Gasteiger partial charge in [0.05, 0.1) is 11.3 Å². The van der Waals surface area contributed by atoms with Crippen molar-refractivity contribution in [1.29, 1.82) is 0 Å². The number of fused-ring (bicyclic) bond motifs is 1. The Bertz CT molecular complexity index is 531. The minimum atomic E-state index is -1.14. The highest BCUT2D eigenvalue weighted by Crippen LogP contribution is 2.31. The smallest absolute Gasteiger partial charge is 0.299 e. The lowest BCUT2D eigenvalue weighted by Gasteiger charge is -2.16. The van der Waals surface area contributed by atoms with E-state index >= 15 is 0 Å². The number of unbranched alkanes of at least 4 members (excludes halogenated alkanes) is 2. The normalized spacial score (nSPS) is 14.2. The van der Waals surface area contributed by atoms with Crippen LogP contribution >= 0.6 is 0 Å². The molecule has 0 saturated heterocycles. The van der Waals surface area contributed by atoms with Gasteiger partial charge in [-0.1, -0.05) is 0 Å². The zero-order valence-electron chi connectivity index (χ0n) is 10.2. The summed E-state index contributed by atoms with van der Waals surface area (Å²) in [6.07, 6.45) is 1.87. The van der Waals surface area contributed by atoms with Crippen LogP contribution in [-0.4, -0.2) is 29.9 Å². The Kier molecular flexibility index (Phi) is 3.90. The minimum absolute atomic E-state index is 0.0588. The third-order valence-corrected chi connectivity index (χ3v) is 3.05. The number of ketones is 1. The van der Waals surface area contributed by atoms with Crippen LogP contribution in [0.3, 0.4) is 0 Å². The number of carbonyl (C=O) groups excluding carboxylic acids is 2. The molecule has 0 aromatic heterocycles. The fourth-order valence-corrected chi connectivity index (χ4v) is 2.07. The molecule has 4 nitrogen and oxygen atoms in total. The van der Waals surface area contributed by atoms with Crippen molar-refractivity contribution in [3.05, 3.63) is 29.3 Å². The van der Waals surface area contributed by atoms with Crippen molar-refractivity contribution in [1.82, 2.24) is 0 Å². The van der Waals surface area contributed by atoms with Gasteiger partial charge in [-0.15, -0.1) is 0 Å². The Labute approximate surface area is 108 Å². The summed E-state index contributed by atoms with van der Waals surface area (Å²) in [4.78, 5) is 24.5. The van der Waals surface area contributed by atoms with Crippen LogP contribution in [0.2, 0.25) is 0 Å². The molecule has 1 aromatic carbocycles. The summed E-state index contributed by atoms with van der Waals surface area (Å²) in [5.74, 6) is -3.79. The van der Waals surface area contributed by atoms with Crippen molar-refractivity contribution < 1.29 is 23.5 Å². The molecular weight excluding hydrogens is 256 g/mol. The SMILES string of the molecule is O=C1C(=O)N(CCCCCO)c2cc(F)c(F)cc21. The average Bonchev–Trinajstić information content (AvgIpc) is 2.60. The predicted octanol–water partition coefficient (Wildman–Crippen LogP) is 1.66. The molecule has 2 rings (SSSR count). The molecule has 0 aliphatic carbocycles. The summed E-state index contributed by atoms with van der Waals surface area (Å²) < 4.78 is 26.3.